The summed E-state index contributed by atoms with van der Waals surface area (Å²) in [6.07, 6.45) is 3.52. The molecule has 0 radical (unpaired) electrons. The van der Waals surface area contributed by atoms with Crippen molar-refractivity contribution in [2.75, 3.05) is 16.3 Å². The molecule has 4 aromatic rings. The topological polar surface area (TPSA) is 66.4 Å². The van der Waals surface area contributed by atoms with Gasteiger partial charge in [-0.1, -0.05) is 29.5 Å². The van der Waals surface area contributed by atoms with E-state index < -0.39 is 5.92 Å². The Balaban J connectivity index is 1.49. The molecule has 0 N–H and O–H groups in total. The Morgan fingerprint density at radius 3 is 2.62 bits per heavy atom. The summed E-state index contributed by atoms with van der Waals surface area (Å²) < 4.78 is 14.4. The number of rotatable bonds is 5. The highest BCUT2D eigenvalue weighted by Gasteiger charge is 2.38. The molecule has 1 atom stereocenters. The minimum Gasteiger partial charge on any atom is -0.312 e. The van der Waals surface area contributed by atoms with Crippen LogP contribution in [0.25, 0.3) is 10.2 Å². The molecule has 0 saturated carbocycles. The van der Waals surface area contributed by atoms with Crippen LogP contribution in [0.3, 0.4) is 0 Å². The summed E-state index contributed by atoms with van der Waals surface area (Å²) in [6.45, 7) is 4.60. The zero-order valence-electron chi connectivity index (χ0n) is 18.9. The third kappa shape index (κ3) is 4.17. The van der Waals surface area contributed by atoms with Gasteiger partial charge in [-0.3, -0.25) is 19.5 Å². The molecule has 1 saturated heterocycles. The number of benzene rings is 2. The van der Waals surface area contributed by atoms with Gasteiger partial charge >= 0.3 is 0 Å². The van der Waals surface area contributed by atoms with Crippen LogP contribution in [0.1, 0.15) is 23.1 Å². The fourth-order valence-electron chi connectivity index (χ4n) is 4.24. The number of amides is 2. The molecule has 0 spiro atoms. The highest BCUT2D eigenvalue weighted by Crippen LogP contribution is 2.35. The fourth-order valence-corrected chi connectivity index (χ4v) is 5.36. The second kappa shape index (κ2) is 8.95. The zero-order chi connectivity index (χ0) is 23.8. The first-order valence-electron chi connectivity index (χ1n) is 11.0. The average Bonchev–Trinajstić information content (AvgIpc) is 3.46. The summed E-state index contributed by atoms with van der Waals surface area (Å²) in [5.41, 5.74) is 4.52. The summed E-state index contributed by atoms with van der Waals surface area (Å²) >= 11 is 1.49. The third-order valence-corrected chi connectivity index (χ3v) is 7.32. The lowest BCUT2D eigenvalue weighted by atomic mass is 10.1. The first-order chi connectivity index (χ1) is 16.4. The van der Waals surface area contributed by atoms with Gasteiger partial charge < -0.3 is 4.90 Å². The number of aromatic nitrogens is 2. The van der Waals surface area contributed by atoms with Gasteiger partial charge in [0, 0.05) is 31.0 Å². The van der Waals surface area contributed by atoms with Crippen molar-refractivity contribution >= 4 is 44.2 Å². The van der Waals surface area contributed by atoms with Gasteiger partial charge in [0.05, 0.1) is 22.7 Å². The van der Waals surface area contributed by atoms with E-state index >= 15 is 0 Å². The minimum absolute atomic E-state index is 0.0999. The maximum atomic E-state index is 13.8. The number of carbonyl (C=O) groups excluding carboxylic acids is 2. The number of halogens is 1. The van der Waals surface area contributed by atoms with Crippen molar-refractivity contribution in [2.24, 2.45) is 5.92 Å². The van der Waals surface area contributed by atoms with Gasteiger partial charge in [-0.2, -0.15) is 0 Å². The zero-order valence-corrected chi connectivity index (χ0v) is 19.7. The van der Waals surface area contributed by atoms with Crippen molar-refractivity contribution in [3.8, 4) is 0 Å². The molecule has 1 unspecified atom stereocenters. The number of hydrogen-bond donors (Lipinski definition) is 0. The van der Waals surface area contributed by atoms with Crippen molar-refractivity contribution in [3.05, 3.63) is 83.4 Å². The van der Waals surface area contributed by atoms with E-state index in [0.717, 1.165) is 26.9 Å². The molecule has 0 bridgehead atoms. The van der Waals surface area contributed by atoms with E-state index in [0.29, 0.717) is 17.4 Å². The molecule has 2 aromatic heterocycles. The smallest absolute Gasteiger partial charge is 0.234 e. The molecule has 1 aliphatic rings. The first kappa shape index (κ1) is 22.2. The maximum Gasteiger partial charge on any atom is 0.234 e. The molecule has 1 aliphatic heterocycles. The molecule has 1 fully saturated rings. The molecule has 5 rings (SSSR count). The standard InChI is InChI=1S/C26H23FN4O2S/c1-16-5-6-17(2)24-23(16)29-26(34-24)31(14-18-4-3-11-28-13-18)25(33)19-12-22(32)30(15-19)21-9-7-20(27)8-10-21/h3-11,13,19H,12,14-15H2,1-2H3. The van der Waals surface area contributed by atoms with Crippen LogP contribution in [0, 0.1) is 25.6 Å². The Morgan fingerprint density at radius 2 is 1.91 bits per heavy atom. The van der Waals surface area contributed by atoms with Crippen LogP contribution in [-0.4, -0.2) is 28.3 Å². The minimum atomic E-state index is -0.525. The summed E-state index contributed by atoms with van der Waals surface area (Å²) in [4.78, 5) is 38.8. The fraction of sp³-hybridized carbons (Fsp3) is 0.231. The van der Waals surface area contributed by atoms with Crippen LogP contribution in [0.4, 0.5) is 15.2 Å². The van der Waals surface area contributed by atoms with Gasteiger partial charge in [-0.25, -0.2) is 9.37 Å². The monoisotopic (exact) mass is 474 g/mol. The van der Waals surface area contributed by atoms with E-state index in [1.54, 1.807) is 34.3 Å². The van der Waals surface area contributed by atoms with Crippen molar-refractivity contribution < 1.29 is 14.0 Å². The van der Waals surface area contributed by atoms with E-state index in [-0.39, 0.29) is 30.6 Å². The van der Waals surface area contributed by atoms with Gasteiger partial charge in [-0.15, -0.1) is 0 Å². The van der Waals surface area contributed by atoms with E-state index in [1.807, 2.05) is 32.0 Å². The average molecular weight is 475 g/mol. The highest BCUT2D eigenvalue weighted by molar-refractivity contribution is 7.22. The second-order valence-corrected chi connectivity index (χ2v) is 9.52. The summed E-state index contributed by atoms with van der Waals surface area (Å²) in [7, 11) is 0. The van der Waals surface area contributed by atoms with Gasteiger partial charge in [0.1, 0.15) is 5.82 Å². The highest BCUT2D eigenvalue weighted by atomic mass is 32.1. The van der Waals surface area contributed by atoms with Gasteiger partial charge in [-0.05, 0) is 60.9 Å². The van der Waals surface area contributed by atoms with Crippen LogP contribution in [-0.2, 0) is 16.1 Å². The molecular weight excluding hydrogens is 451 g/mol. The van der Waals surface area contributed by atoms with Crippen molar-refractivity contribution in [3.63, 3.8) is 0 Å². The van der Waals surface area contributed by atoms with Crippen LogP contribution < -0.4 is 9.80 Å². The Bertz CT molecular complexity index is 1330. The van der Waals surface area contributed by atoms with Crippen molar-refractivity contribution in [1.29, 1.82) is 0 Å². The number of carbonyl (C=O) groups is 2. The van der Waals surface area contributed by atoms with Crippen LogP contribution in [0.5, 0.6) is 0 Å². The molecule has 0 aliphatic carbocycles. The molecule has 6 nitrogen and oxygen atoms in total. The molecule has 8 heteroatoms. The number of hydrogen-bond acceptors (Lipinski definition) is 5. The second-order valence-electron chi connectivity index (χ2n) is 8.54. The SMILES string of the molecule is Cc1ccc(C)c2sc(N(Cc3cccnc3)C(=O)C3CC(=O)N(c4ccc(F)cc4)C3)nc12. The number of aryl methyl sites for hydroxylation is 2. The number of nitrogens with zero attached hydrogens (tertiary/aromatic N) is 4. The normalized spacial score (nSPS) is 15.8. The Morgan fingerprint density at radius 1 is 1.15 bits per heavy atom. The number of anilines is 2. The lowest BCUT2D eigenvalue weighted by Crippen LogP contribution is -2.37. The number of pyridine rings is 1. The van der Waals surface area contributed by atoms with E-state index in [2.05, 4.69) is 11.1 Å². The molecule has 2 aromatic carbocycles. The molecule has 3 heterocycles. The number of thiazole rings is 1. The van der Waals surface area contributed by atoms with Gasteiger partial charge in [0.25, 0.3) is 0 Å². The van der Waals surface area contributed by atoms with Gasteiger partial charge in [0.2, 0.25) is 11.8 Å². The molecule has 2 amide bonds. The predicted octanol–water partition coefficient (Wildman–Crippen LogP) is 5.03. The third-order valence-electron chi connectivity index (χ3n) is 6.10. The summed E-state index contributed by atoms with van der Waals surface area (Å²) in [6, 6.07) is 13.6. The van der Waals surface area contributed by atoms with E-state index in [9.17, 15) is 14.0 Å². The predicted molar refractivity (Wildman–Crippen MR) is 131 cm³/mol. The van der Waals surface area contributed by atoms with Crippen molar-refractivity contribution in [2.45, 2.75) is 26.8 Å². The van der Waals surface area contributed by atoms with Crippen LogP contribution in [0.15, 0.2) is 60.9 Å². The molecular formula is C26H23FN4O2S. The lowest BCUT2D eigenvalue weighted by molar-refractivity contribution is -0.124. The van der Waals surface area contributed by atoms with E-state index in [1.165, 1.54) is 23.5 Å². The lowest BCUT2D eigenvalue weighted by Gasteiger charge is -2.23. The largest absolute Gasteiger partial charge is 0.312 e. The van der Waals surface area contributed by atoms with Crippen molar-refractivity contribution in [1.82, 2.24) is 9.97 Å². The maximum absolute atomic E-state index is 13.8. The summed E-state index contributed by atoms with van der Waals surface area (Å²) in [5.74, 6) is -1.20. The van der Waals surface area contributed by atoms with Crippen LogP contribution >= 0.6 is 11.3 Å². The van der Waals surface area contributed by atoms with Crippen LogP contribution in [0.2, 0.25) is 0 Å². The van der Waals surface area contributed by atoms with E-state index in [4.69, 9.17) is 4.98 Å². The number of fused-ring (bicyclic) bond motifs is 1. The Labute approximate surface area is 200 Å². The first-order valence-corrected chi connectivity index (χ1v) is 11.9. The summed E-state index contributed by atoms with van der Waals surface area (Å²) in [5, 5.41) is 0.605. The quantitative estimate of drug-likeness (QED) is 0.407. The Hall–Kier alpha value is -3.65. The van der Waals surface area contributed by atoms with Gasteiger partial charge in [0.15, 0.2) is 5.13 Å². The Kier molecular flexibility index (Phi) is 5.83. The molecule has 172 valence electrons. The molecule has 34 heavy (non-hydrogen) atoms.